The van der Waals surface area contributed by atoms with Crippen LogP contribution in [0.4, 0.5) is 5.95 Å². The molecule has 106 valence electrons. The van der Waals surface area contributed by atoms with E-state index in [-0.39, 0.29) is 0 Å². The number of rotatable bonds is 6. The summed E-state index contributed by atoms with van der Waals surface area (Å²) >= 11 is 0. The topological polar surface area (TPSA) is 72.1 Å². The second-order valence-corrected chi connectivity index (χ2v) is 5.51. The molecule has 1 saturated carbocycles. The van der Waals surface area contributed by atoms with Crippen molar-refractivity contribution in [1.29, 1.82) is 0 Å². The van der Waals surface area contributed by atoms with Crippen LogP contribution in [0, 0.1) is 5.92 Å². The number of nitrogens with one attached hydrogen (secondary N) is 2. The maximum Gasteiger partial charge on any atom is 0.242 e. The fraction of sp³-hybridized carbons (Fsp3) is 0.846. The Morgan fingerprint density at radius 1 is 1.58 bits per heavy atom. The van der Waals surface area contributed by atoms with Crippen LogP contribution in [0.15, 0.2) is 0 Å². The van der Waals surface area contributed by atoms with Crippen molar-refractivity contribution in [2.75, 3.05) is 25.1 Å². The van der Waals surface area contributed by atoms with Crippen LogP contribution in [0.1, 0.15) is 38.9 Å². The molecule has 2 N–H and O–H groups in total. The summed E-state index contributed by atoms with van der Waals surface area (Å²) in [7, 11) is 0. The average Bonchev–Trinajstić information content (AvgIpc) is 2.97. The molecule has 0 amide bonds. The van der Waals surface area contributed by atoms with Gasteiger partial charge in [-0.3, -0.25) is 5.10 Å². The van der Waals surface area contributed by atoms with Crippen LogP contribution in [0.2, 0.25) is 0 Å². The molecule has 1 aliphatic heterocycles. The summed E-state index contributed by atoms with van der Waals surface area (Å²) < 4.78 is 11.3. The number of ether oxygens (including phenoxy) is 2. The van der Waals surface area contributed by atoms with Crippen molar-refractivity contribution in [2.24, 2.45) is 5.92 Å². The molecule has 1 aromatic rings. The first-order valence-corrected chi connectivity index (χ1v) is 7.14. The lowest BCUT2D eigenvalue weighted by Crippen LogP contribution is -2.31. The monoisotopic (exact) mass is 266 g/mol. The third-order valence-electron chi connectivity index (χ3n) is 4.01. The zero-order valence-electron chi connectivity index (χ0n) is 11.6. The van der Waals surface area contributed by atoms with E-state index in [9.17, 15) is 0 Å². The summed E-state index contributed by atoms with van der Waals surface area (Å²) in [6.45, 7) is 6.08. The van der Waals surface area contributed by atoms with Crippen LogP contribution in [0.5, 0.6) is 0 Å². The predicted molar refractivity (Wildman–Crippen MR) is 70.9 cm³/mol. The molecular formula is C13H22N4O2. The molecular weight excluding hydrogens is 244 g/mol. The minimum atomic E-state index is -0.440. The van der Waals surface area contributed by atoms with Gasteiger partial charge in [-0.15, -0.1) is 5.10 Å². The van der Waals surface area contributed by atoms with Crippen LogP contribution in [-0.4, -0.2) is 41.0 Å². The number of hydrogen-bond donors (Lipinski definition) is 2. The van der Waals surface area contributed by atoms with E-state index in [0.29, 0.717) is 31.8 Å². The maximum absolute atomic E-state index is 5.87. The maximum atomic E-state index is 5.87. The highest BCUT2D eigenvalue weighted by Crippen LogP contribution is 2.35. The molecule has 1 aromatic heterocycles. The van der Waals surface area contributed by atoms with Gasteiger partial charge in [0.05, 0.1) is 13.2 Å². The van der Waals surface area contributed by atoms with Crippen molar-refractivity contribution in [3.05, 3.63) is 5.82 Å². The highest BCUT2D eigenvalue weighted by molar-refractivity contribution is 5.27. The first-order chi connectivity index (χ1) is 9.23. The van der Waals surface area contributed by atoms with Gasteiger partial charge in [-0.1, -0.05) is 0 Å². The first-order valence-electron chi connectivity index (χ1n) is 7.14. The minimum absolute atomic E-state index is 0.437. The molecule has 1 aliphatic carbocycles. The quantitative estimate of drug-likeness (QED) is 0.819. The van der Waals surface area contributed by atoms with Gasteiger partial charge in [0.25, 0.3) is 0 Å². The molecule has 0 bridgehead atoms. The van der Waals surface area contributed by atoms with Crippen molar-refractivity contribution in [3.63, 3.8) is 0 Å². The molecule has 6 heteroatoms. The fourth-order valence-corrected chi connectivity index (χ4v) is 2.64. The highest BCUT2D eigenvalue weighted by atomic mass is 16.6. The highest BCUT2D eigenvalue weighted by Gasteiger charge is 2.41. The fourth-order valence-electron chi connectivity index (χ4n) is 2.64. The molecule has 0 aromatic carbocycles. The number of hydrogen-bond acceptors (Lipinski definition) is 5. The van der Waals surface area contributed by atoms with E-state index in [1.165, 1.54) is 12.8 Å². The summed E-state index contributed by atoms with van der Waals surface area (Å²) in [4.78, 5) is 4.55. The Labute approximate surface area is 113 Å². The SMILES string of the molecule is CCOC1(c2nc(NC(C)C3CC3)n[nH]2)CCOC1. The Balaban J connectivity index is 1.71. The minimum Gasteiger partial charge on any atom is -0.378 e. The van der Waals surface area contributed by atoms with Crippen molar-refractivity contribution in [2.45, 2.75) is 44.8 Å². The Morgan fingerprint density at radius 3 is 3.05 bits per heavy atom. The predicted octanol–water partition coefficient (Wildman–Crippen LogP) is 1.67. The van der Waals surface area contributed by atoms with Gasteiger partial charge in [-0.25, -0.2) is 0 Å². The van der Waals surface area contributed by atoms with Crippen LogP contribution in [0.3, 0.4) is 0 Å². The second kappa shape index (κ2) is 5.09. The van der Waals surface area contributed by atoms with Gasteiger partial charge in [0.2, 0.25) is 5.95 Å². The lowest BCUT2D eigenvalue weighted by Gasteiger charge is -2.24. The zero-order chi connectivity index (χ0) is 13.3. The number of aromatic nitrogens is 3. The van der Waals surface area contributed by atoms with Crippen LogP contribution >= 0.6 is 0 Å². The summed E-state index contributed by atoms with van der Waals surface area (Å²) in [5.41, 5.74) is -0.440. The molecule has 2 fully saturated rings. The zero-order valence-corrected chi connectivity index (χ0v) is 11.6. The van der Waals surface area contributed by atoms with E-state index >= 15 is 0 Å². The first kappa shape index (κ1) is 12.9. The third kappa shape index (κ3) is 2.60. The normalized spacial score (nSPS) is 28.5. The van der Waals surface area contributed by atoms with Gasteiger partial charge >= 0.3 is 0 Å². The Bertz CT molecular complexity index is 424. The Kier molecular flexibility index (Phi) is 3.45. The van der Waals surface area contributed by atoms with Crippen molar-refractivity contribution < 1.29 is 9.47 Å². The number of aromatic amines is 1. The summed E-state index contributed by atoms with van der Waals surface area (Å²) in [6, 6.07) is 0.437. The van der Waals surface area contributed by atoms with E-state index < -0.39 is 5.60 Å². The van der Waals surface area contributed by atoms with Crippen LogP contribution in [0.25, 0.3) is 0 Å². The molecule has 6 nitrogen and oxygen atoms in total. The molecule has 0 radical (unpaired) electrons. The molecule has 2 heterocycles. The van der Waals surface area contributed by atoms with E-state index in [1.807, 2.05) is 6.92 Å². The number of nitrogens with zero attached hydrogens (tertiary/aromatic N) is 2. The molecule has 3 rings (SSSR count). The molecule has 19 heavy (non-hydrogen) atoms. The van der Waals surface area contributed by atoms with E-state index in [4.69, 9.17) is 9.47 Å². The molecule has 1 saturated heterocycles. The van der Waals surface area contributed by atoms with Gasteiger partial charge in [0.1, 0.15) is 0 Å². The number of anilines is 1. The summed E-state index contributed by atoms with van der Waals surface area (Å²) in [5.74, 6) is 2.22. The summed E-state index contributed by atoms with van der Waals surface area (Å²) in [6.07, 6.45) is 3.44. The molecule has 2 atom stereocenters. The van der Waals surface area contributed by atoms with Gasteiger partial charge in [0, 0.05) is 19.1 Å². The third-order valence-corrected chi connectivity index (χ3v) is 4.01. The lowest BCUT2D eigenvalue weighted by atomic mass is 10.0. The number of H-pyrrole nitrogens is 1. The molecule has 2 unspecified atom stereocenters. The largest absolute Gasteiger partial charge is 0.378 e. The van der Waals surface area contributed by atoms with E-state index in [0.717, 1.165) is 18.2 Å². The molecule has 0 spiro atoms. The van der Waals surface area contributed by atoms with Gasteiger partial charge < -0.3 is 14.8 Å². The van der Waals surface area contributed by atoms with Crippen LogP contribution in [-0.2, 0) is 15.1 Å². The Hall–Kier alpha value is -1.14. The average molecular weight is 266 g/mol. The lowest BCUT2D eigenvalue weighted by molar-refractivity contribution is -0.0542. The standard InChI is InChI=1S/C13H22N4O2/c1-3-19-13(6-7-18-8-13)11-15-12(17-16-11)14-9(2)10-4-5-10/h9-10H,3-8H2,1-2H3,(H2,14,15,16,17). The van der Waals surface area contributed by atoms with Gasteiger partial charge in [-0.2, -0.15) is 4.98 Å². The summed E-state index contributed by atoms with van der Waals surface area (Å²) in [5, 5.41) is 10.6. The smallest absolute Gasteiger partial charge is 0.242 e. The Morgan fingerprint density at radius 2 is 2.42 bits per heavy atom. The van der Waals surface area contributed by atoms with Crippen LogP contribution < -0.4 is 5.32 Å². The van der Waals surface area contributed by atoms with Crippen molar-refractivity contribution in [3.8, 4) is 0 Å². The van der Waals surface area contributed by atoms with Crippen molar-refractivity contribution in [1.82, 2.24) is 15.2 Å². The van der Waals surface area contributed by atoms with Gasteiger partial charge in [-0.05, 0) is 32.6 Å². The van der Waals surface area contributed by atoms with Crippen molar-refractivity contribution >= 4 is 5.95 Å². The van der Waals surface area contributed by atoms with Gasteiger partial charge in [0.15, 0.2) is 11.4 Å². The second-order valence-electron chi connectivity index (χ2n) is 5.51. The van der Waals surface area contributed by atoms with E-state index in [2.05, 4.69) is 27.4 Å². The van der Waals surface area contributed by atoms with E-state index in [1.54, 1.807) is 0 Å². The molecule has 2 aliphatic rings.